The highest BCUT2D eigenvalue weighted by Crippen LogP contribution is 2.21. The molecule has 0 aliphatic heterocycles. The van der Waals surface area contributed by atoms with Crippen molar-refractivity contribution < 1.29 is 0 Å². The number of thioether (sulfide) groups is 1. The van der Waals surface area contributed by atoms with E-state index in [-0.39, 0.29) is 0 Å². The summed E-state index contributed by atoms with van der Waals surface area (Å²) in [6, 6.07) is 14.2. The van der Waals surface area contributed by atoms with Gasteiger partial charge in [-0.05, 0) is 18.4 Å². The summed E-state index contributed by atoms with van der Waals surface area (Å²) in [6.45, 7) is 0. The summed E-state index contributed by atoms with van der Waals surface area (Å²) >= 11 is 1.60. The Balaban J connectivity index is 2.20. The van der Waals surface area contributed by atoms with Crippen molar-refractivity contribution in [1.82, 2.24) is 14.6 Å². The Morgan fingerprint density at radius 2 is 1.94 bits per heavy atom. The first-order chi connectivity index (χ1) is 8.38. The van der Waals surface area contributed by atoms with Crippen molar-refractivity contribution in [3.63, 3.8) is 0 Å². The smallest absolute Gasteiger partial charge is 0.189 e. The van der Waals surface area contributed by atoms with Crippen LogP contribution in [0.4, 0.5) is 0 Å². The number of aromatic nitrogens is 3. The highest BCUT2D eigenvalue weighted by atomic mass is 32.2. The largest absolute Gasteiger partial charge is 0.231 e. The van der Waals surface area contributed by atoms with E-state index in [1.807, 2.05) is 41.2 Å². The second-order valence-corrected chi connectivity index (χ2v) is 4.44. The monoisotopic (exact) mass is 241 g/mol. The fraction of sp³-hybridized carbons (Fsp3) is 0.0769. The fourth-order valence-electron chi connectivity index (χ4n) is 1.79. The molecule has 0 saturated carbocycles. The standard InChI is InChI=1S/C13H11N3S/c1-17-13-14-8-7-11-9-12(15-16(11)13)10-5-3-2-4-6-10/h2-9H,1H3. The maximum Gasteiger partial charge on any atom is 0.189 e. The van der Waals surface area contributed by atoms with E-state index in [0.29, 0.717) is 0 Å². The van der Waals surface area contributed by atoms with Gasteiger partial charge in [0.2, 0.25) is 0 Å². The molecular formula is C13H11N3S. The van der Waals surface area contributed by atoms with Gasteiger partial charge >= 0.3 is 0 Å². The minimum atomic E-state index is 0.907. The van der Waals surface area contributed by atoms with Crippen LogP contribution in [0.25, 0.3) is 16.8 Å². The van der Waals surface area contributed by atoms with Crippen LogP contribution in [0.3, 0.4) is 0 Å². The molecule has 1 aromatic carbocycles. The average Bonchev–Trinajstić information content (AvgIpc) is 2.83. The molecule has 0 aliphatic rings. The van der Waals surface area contributed by atoms with Gasteiger partial charge in [-0.3, -0.25) is 0 Å². The molecule has 3 nitrogen and oxygen atoms in total. The second kappa shape index (κ2) is 4.22. The van der Waals surface area contributed by atoms with E-state index in [9.17, 15) is 0 Å². The zero-order valence-electron chi connectivity index (χ0n) is 9.37. The molecule has 0 fully saturated rings. The van der Waals surface area contributed by atoms with Crippen LogP contribution in [0.5, 0.6) is 0 Å². The molecule has 0 unspecified atom stereocenters. The predicted octanol–water partition coefficient (Wildman–Crippen LogP) is 3.12. The van der Waals surface area contributed by atoms with Crippen LogP contribution < -0.4 is 0 Å². The van der Waals surface area contributed by atoms with E-state index in [4.69, 9.17) is 0 Å². The van der Waals surface area contributed by atoms with Gasteiger partial charge in [0.25, 0.3) is 0 Å². The highest BCUT2D eigenvalue weighted by molar-refractivity contribution is 7.98. The van der Waals surface area contributed by atoms with Gasteiger partial charge in [0.05, 0.1) is 11.2 Å². The van der Waals surface area contributed by atoms with E-state index >= 15 is 0 Å². The van der Waals surface area contributed by atoms with Crippen LogP contribution in [-0.4, -0.2) is 20.9 Å². The molecule has 0 radical (unpaired) electrons. The molecule has 0 N–H and O–H groups in total. The molecule has 84 valence electrons. The molecule has 17 heavy (non-hydrogen) atoms. The first kappa shape index (κ1) is 10.4. The third-order valence-corrected chi connectivity index (χ3v) is 3.24. The molecule has 0 aliphatic carbocycles. The molecule has 3 aromatic rings. The minimum Gasteiger partial charge on any atom is -0.231 e. The molecule has 0 saturated heterocycles. The Hall–Kier alpha value is -1.81. The molecule has 0 atom stereocenters. The maximum absolute atomic E-state index is 4.59. The van der Waals surface area contributed by atoms with Gasteiger partial charge < -0.3 is 0 Å². The lowest BCUT2D eigenvalue weighted by Gasteiger charge is -1.98. The molecule has 0 spiro atoms. The second-order valence-electron chi connectivity index (χ2n) is 3.66. The summed E-state index contributed by atoms with van der Waals surface area (Å²) in [6.07, 6.45) is 3.82. The SMILES string of the molecule is CSc1nccc2cc(-c3ccccc3)nn12. The van der Waals surface area contributed by atoms with Crippen molar-refractivity contribution in [2.45, 2.75) is 5.16 Å². The van der Waals surface area contributed by atoms with Crippen molar-refractivity contribution in [3.05, 3.63) is 48.7 Å². The van der Waals surface area contributed by atoms with Gasteiger partial charge in [0.1, 0.15) is 0 Å². The zero-order chi connectivity index (χ0) is 11.7. The van der Waals surface area contributed by atoms with Gasteiger partial charge in [0, 0.05) is 11.8 Å². The summed E-state index contributed by atoms with van der Waals surface area (Å²) < 4.78 is 1.88. The molecule has 3 rings (SSSR count). The van der Waals surface area contributed by atoms with E-state index in [0.717, 1.165) is 21.9 Å². The number of rotatable bonds is 2. The number of benzene rings is 1. The van der Waals surface area contributed by atoms with Crippen molar-refractivity contribution in [2.75, 3.05) is 6.26 Å². The van der Waals surface area contributed by atoms with Crippen molar-refractivity contribution >= 4 is 17.3 Å². The van der Waals surface area contributed by atoms with Gasteiger partial charge in [0.15, 0.2) is 5.16 Å². The lowest BCUT2D eigenvalue weighted by atomic mass is 10.1. The Bertz CT molecular complexity index is 646. The minimum absolute atomic E-state index is 0.907. The lowest BCUT2D eigenvalue weighted by Crippen LogP contribution is -1.94. The van der Waals surface area contributed by atoms with Crippen LogP contribution in [0.1, 0.15) is 0 Å². The molecule has 2 aromatic heterocycles. The first-order valence-electron chi connectivity index (χ1n) is 5.33. The molecule has 0 bridgehead atoms. The fourth-order valence-corrected chi connectivity index (χ4v) is 2.27. The predicted molar refractivity (Wildman–Crippen MR) is 70.2 cm³/mol. The third kappa shape index (κ3) is 1.80. The molecular weight excluding hydrogens is 230 g/mol. The number of fused-ring (bicyclic) bond motifs is 1. The van der Waals surface area contributed by atoms with Crippen molar-refractivity contribution in [1.29, 1.82) is 0 Å². The summed E-state index contributed by atoms with van der Waals surface area (Å²) in [5, 5.41) is 5.49. The zero-order valence-corrected chi connectivity index (χ0v) is 10.2. The van der Waals surface area contributed by atoms with Gasteiger partial charge in [-0.15, -0.1) is 0 Å². The quantitative estimate of drug-likeness (QED) is 0.510. The van der Waals surface area contributed by atoms with E-state index in [1.54, 1.807) is 11.8 Å². The van der Waals surface area contributed by atoms with Gasteiger partial charge in [-0.2, -0.15) is 5.10 Å². The Morgan fingerprint density at radius 1 is 1.12 bits per heavy atom. The number of hydrogen-bond donors (Lipinski definition) is 0. The van der Waals surface area contributed by atoms with E-state index in [2.05, 4.69) is 28.3 Å². The van der Waals surface area contributed by atoms with Gasteiger partial charge in [-0.1, -0.05) is 42.1 Å². The normalized spacial score (nSPS) is 10.9. The van der Waals surface area contributed by atoms with Crippen LogP contribution in [0, 0.1) is 0 Å². The summed E-state index contributed by atoms with van der Waals surface area (Å²) in [4.78, 5) is 4.30. The number of hydrogen-bond acceptors (Lipinski definition) is 3. The Kier molecular flexibility index (Phi) is 2.57. The van der Waals surface area contributed by atoms with E-state index < -0.39 is 0 Å². The average molecular weight is 241 g/mol. The molecule has 4 heteroatoms. The Labute approximate surface area is 104 Å². The highest BCUT2D eigenvalue weighted by Gasteiger charge is 2.06. The third-order valence-electron chi connectivity index (χ3n) is 2.60. The van der Waals surface area contributed by atoms with Crippen LogP contribution >= 0.6 is 11.8 Å². The van der Waals surface area contributed by atoms with E-state index in [1.165, 1.54) is 0 Å². The topological polar surface area (TPSA) is 30.2 Å². The van der Waals surface area contributed by atoms with Crippen molar-refractivity contribution in [3.8, 4) is 11.3 Å². The molecule has 2 heterocycles. The summed E-state index contributed by atoms with van der Waals surface area (Å²) in [5.41, 5.74) is 3.18. The Morgan fingerprint density at radius 3 is 2.71 bits per heavy atom. The molecule has 0 amide bonds. The summed E-state index contributed by atoms with van der Waals surface area (Å²) in [5.74, 6) is 0. The van der Waals surface area contributed by atoms with Crippen LogP contribution in [-0.2, 0) is 0 Å². The van der Waals surface area contributed by atoms with Gasteiger partial charge in [-0.25, -0.2) is 9.50 Å². The lowest BCUT2D eigenvalue weighted by molar-refractivity contribution is 0.799. The first-order valence-corrected chi connectivity index (χ1v) is 6.55. The van der Waals surface area contributed by atoms with Crippen molar-refractivity contribution in [2.24, 2.45) is 0 Å². The summed E-state index contributed by atoms with van der Waals surface area (Å²) in [7, 11) is 0. The van der Waals surface area contributed by atoms with Crippen LogP contribution in [0.2, 0.25) is 0 Å². The maximum atomic E-state index is 4.59. The van der Waals surface area contributed by atoms with Crippen LogP contribution in [0.15, 0.2) is 53.8 Å². The number of nitrogens with zero attached hydrogens (tertiary/aromatic N) is 3.